The van der Waals surface area contributed by atoms with Gasteiger partial charge in [-0.15, -0.1) is 0 Å². The predicted molar refractivity (Wildman–Crippen MR) is 82.8 cm³/mol. The van der Waals surface area contributed by atoms with E-state index >= 15 is 0 Å². The number of ether oxygens (including phenoxy) is 6. The van der Waals surface area contributed by atoms with Gasteiger partial charge in [0.2, 0.25) is 0 Å². The van der Waals surface area contributed by atoms with E-state index in [9.17, 15) is 0 Å². The first-order valence-electron chi connectivity index (χ1n) is 7.36. The molecular formula is C16H26O6. The predicted octanol–water partition coefficient (Wildman–Crippen LogP) is 1.77. The zero-order valence-electron chi connectivity index (χ0n) is 13.4. The van der Waals surface area contributed by atoms with Crippen LogP contribution in [0.4, 0.5) is 0 Å². The van der Waals surface area contributed by atoms with Crippen molar-refractivity contribution in [3.05, 3.63) is 24.3 Å². The van der Waals surface area contributed by atoms with E-state index in [1.807, 2.05) is 24.3 Å². The first-order valence-corrected chi connectivity index (χ1v) is 7.36. The highest BCUT2D eigenvalue weighted by molar-refractivity contribution is 5.31. The van der Waals surface area contributed by atoms with Gasteiger partial charge in [0.1, 0.15) is 24.7 Å². The van der Waals surface area contributed by atoms with Crippen LogP contribution in [0.25, 0.3) is 0 Å². The van der Waals surface area contributed by atoms with Crippen LogP contribution in [0.3, 0.4) is 0 Å². The Hall–Kier alpha value is -1.34. The van der Waals surface area contributed by atoms with Crippen molar-refractivity contribution in [3.63, 3.8) is 0 Å². The van der Waals surface area contributed by atoms with Crippen molar-refractivity contribution in [1.29, 1.82) is 0 Å². The molecule has 0 radical (unpaired) electrons. The van der Waals surface area contributed by atoms with Crippen molar-refractivity contribution >= 4 is 0 Å². The van der Waals surface area contributed by atoms with Gasteiger partial charge in [-0.05, 0) is 24.3 Å². The lowest BCUT2D eigenvalue weighted by Crippen LogP contribution is -2.10. The summed E-state index contributed by atoms with van der Waals surface area (Å²) in [6.45, 7) is 4.47. The largest absolute Gasteiger partial charge is 0.491 e. The first-order chi connectivity index (χ1) is 10.9. The van der Waals surface area contributed by atoms with Crippen LogP contribution in [0.15, 0.2) is 24.3 Å². The van der Waals surface area contributed by atoms with Crippen molar-refractivity contribution in [2.24, 2.45) is 0 Å². The highest BCUT2D eigenvalue weighted by Gasteiger charge is 1.97. The van der Waals surface area contributed by atoms with Crippen molar-refractivity contribution in [2.75, 3.05) is 67.1 Å². The quantitative estimate of drug-likeness (QED) is 0.488. The molecule has 0 heterocycles. The summed E-state index contributed by atoms with van der Waals surface area (Å²) in [5, 5.41) is 0. The normalized spacial score (nSPS) is 10.6. The molecule has 0 saturated heterocycles. The van der Waals surface area contributed by atoms with Crippen LogP contribution in [-0.4, -0.2) is 67.1 Å². The van der Waals surface area contributed by atoms with Crippen LogP contribution in [0.5, 0.6) is 11.5 Å². The smallest absolute Gasteiger partial charge is 0.119 e. The molecule has 0 amide bonds. The molecule has 0 bridgehead atoms. The molecule has 0 aliphatic carbocycles. The Labute approximate surface area is 132 Å². The van der Waals surface area contributed by atoms with Gasteiger partial charge in [-0.1, -0.05) is 0 Å². The number of benzene rings is 1. The molecule has 6 heteroatoms. The van der Waals surface area contributed by atoms with E-state index in [2.05, 4.69) is 0 Å². The molecule has 0 spiro atoms. The molecule has 0 atom stereocenters. The fraction of sp³-hybridized carbons (Fsp3) is 0.625. The summed E-state index contributed by atoms with van der Waals surface area (Å²) in [6.07, 6.45) is 0. The summed E-state index contributed by atoms with van der Waals surface area (Å²) < 4.78 is 31.5. The molecule has 1 aromatic carbocycles. The van der Waals surface area contributed by atoms with E-state index in [0.29, 0.717) is 52.9 Å². The van der Waals surface area contributed by atoms with Crippen LogP contribution in [0, 0.1) is 0 Å². The third kappa shape index (κ3) is 9.57. The molecule has 6 nitrogen and oxygen atoms in total. The molecule has 0 N–H and O–H groups in total. The summed E-state index contributed by atoms with van der Waals surface area (Å²) in [4.78, 5) is 0. The van der Waals surface area contributed by atoms with Crippen molar-refractivity contribution < 1.29 is 28.4 Å². The summed E-state index contributed by atoms with van der Waals surface area (Å²) in [7, 11) is 3.30. The Balaban J connectivity index is 2.07. The molecule has 1 aromatic rings. The van der Waals surface area contributed by atoms with Gasteiger partial charge in [-0.25, -0.2) is 0 Å². The van der Waals surface area contributed by atoms with E-state index < -0.39 is 0 Å². The average molecular weight is 314 g/mol. The maximum Gasteiger partial charge on any atom is 0.119 e. The van der Waals surface area contributed by atoms with Crippen LogP contribution in [-0.2, 0) is 18.9 Å². The third-order valence-corrected chi connectivity index (χ3v) is 2.68. The standard InChI is InChI=1S/C16H26O6/c1-17-7-9-19-11-13-21-15-3-5-16(6-4-15)22-14-12-20-10-8-18-2/h3-6H,7-14H2,1-2H3. The molecule has 0 saturated carbocycles. The minimum atomic E-state index is 0.511. The zero-order chi connectivity index (χ0) is 15.9. The van der Waals surface area contributed by atoms with E-state index in [1.54, 1.807) is 14.2 Å². The lowest BCUT2D eigenvalue weighted by Gasteiger charge is -2.09. The van der Waals surface area contributed by atoms with E-state index in [4.69, 9.17) is 28.4 Å². The maximum absolute atomic E-state index is 5.55. The highest BCUT2D eigenvalue weighted by atomic mass is 16.5. The van der Waals surface area contributed by atoms with Gasteiger partial charge in [0, 0.05) is 14.2 Å². The van der Waals surface area contributed by atoms with E-state index in [-0.39, 0.29) is 0 Å². The van der Waals surface area contributed by atoms with Crippen LogP contribution >= 0.6 is 0 Å². The first kappa shape index (κ1) is 18.7. The maximum atomic E-state index is 5.55. The van der Waals surface area contributed by atoms with Crippen molar-refractivity contribution in [1.82, 2.24) is 0 Å². The number of hydrogen-bond acceptors (Lipinski definition) is 6. The highest BCUT2D eigenvalue weighted by Crippen LogP contribution is 2.17. The van der Waals surface area contributed by atoms with Crippen LogP contribution in [0.2, 0.25) is 0 Å². The zero-order valence-corrected chi connectivity index (χ0v) is 13.4. The molecule has 0 aliphatic heterocycles. The average Bonchev–Trinajstić information content (AvgIpc) is 2.55. The molecular weight excluding hydrogens is 288 g/mol. The van der Waals surface area contributed by atoms with Crippen molar-refractivity contribution in [2.45, 2.75) is 0 Å². The lowest BCUT2D eigenvalue weighted by molar-refractivity contribution is 0.0538. The van der Waals surface area contributed by atoms with E-state index in [1.165, 1.54) is 0 Å². The summed E-state index contributed by atoms with van der Waals surface area (Å²) in [5.41, 5.74) is 0. The second-order valence-electron chi connectivity index (χ2n) is 4.38. The minimum absolute atomic E-state index is 0.511. The topological polar surface area (TPSA) is 55.4 Å². The number of methoxy groups -OCH3 is 2. The Kier molecular flexibility index (Phi) is 11.3. The molecule has 0 unspecified atom stereocenters. The Morgan fingerprint density at radius 3 is 1.27 bits per heavy atom. The fourth-order valence-corrected chi connectivity index (χ4v) is 1.56. The van der Waals surface area contributed by atoms with Crippen LogP contribution < -0.4 is 9.47 Å². The summed E-state index contributed by atoms with van der Waals surface area (Å²) >= 11 is 0. The molecule has 0 aliphatic rings. The Morgan fingerprint density at radius 2 is 0.909 bits per heavy atom. The van der Waals surface area contributed by atoms with Gasteiger partial charge < -0.3 is 28.4 Å². The van der Waals surface area contributed by atoms with Gasteiger partial charge in [-0.2, -0.15) is 0 Å². The van der Waals surface area contributed by atoms with Crippen LogP contribution in [0.1, 0.15) is 0 Å². The third-order valence-electron chi connectivity index (χ3n) is 2.68. The molecule has 0 fully saturated rings. The van der Waals surface area contributed by atoms with Gasteiger partial charge >= 0.3 is 0 Å². The van der Waals surface area contributed by atoms with Gasteiger partial charge in [0.25, 0.3) is 0 Å². The monoisotopic (exact) mass is 314 g/mol. The Bertz CT molecular complexity index is 319. The lowest BCUT2D eigenvalue weighted by atomic mass is 10.3. The van der Waals surface area contributed by atoms with Crippen molar-refractivity contribution in [3.8, 4) is 11.5 Å². The minimum Gasteiger partial charge on any atom is -0.491 e. The molecule has 126 valence electrons. The molecule has 0 aromatic heterocycles. The number of rotatable bonds is 14. The second kappa shape index (κ2) is 13.3. The van der Waals surface area contributed by atoms with E-state index in [0.717, 1.165) is 11.5 Å². The fourth-order valence-electron chi connectivity index (χ4n) is 1.56. The SMILES string of the molecule is COCCOCCOc1ccc(OCCOCCOC)cc1. The second-order valence-corrected chi connectivity index (χ2v) is 4.38. The summed E-state index contributed by atoms with van der Waals surface area (Å²) in [6, 6.07) is 7.49. The molecule has 1 rings (SSSR count). The summed E-state index contributed by atoms with van der Waals surface area (Å²) in [5.74, 6) is 1.58. The Morgan fingerprint density at radius 1 is 0.545 bits per heavy atom. The number of hydrogen-bond donors (Lipinski definition) is 0. The van der Waals surface area contributed by atoms with Gasteiger partial charge in [0.05, 0.1) is 39.6 Å². The molecule has 22 heavy (non-hydrogen) atoms. The van der Waals surface area contributed by atoms with Gasteiger partial charge in [-0.3, -0.25) is 0 Å². The van der Waals surface area contributed by atoms with Gasteiger partial charge in [0.15, 0.2) is 0 Å².